The summed E-state index contributed by atoms with van der Waals surface area (Å²) in [6, 6.07) is 31.5. The molecule has 2 saturated heterocycles. The number of methoxy groups -OCH3 is 1. The Hall–Kier alpha value is -5.42. The number of hydrogen-bond acceptors (Lipinski definition) is 6. The van der Waals surface area contributed by atoms with E-state index in [1.54, 1.807) is 7.11 Å². The zero-order chi connectivity index (χ0) is 35.4. The second kappa shape index (κ2) is 15.1. The number of carbonyl (C=O) groups is 2. The number of benzene rings is 4. The molecule has 10 heteroatoms. The first kappa shape index (κ1) is 33.7. The minimum atomic E-state index is -0.156. The summed E-state index contributed by atoms with van der Waals surface area (Å²) in [5.41, 5.74) is 6.92. The van der Waals surface area contributed by atoms with Crippen molar-refractivity contribution >= 4 is 50.7 Å². The van der Waals surface area contributed by atoms with Gasteiger partial charge in [0.05, 0.1) is 24.8 Å². The second-order valence-electron chi connectivity index (χ2n) is 13.6. The second-order valence-corrected chi connectivity index (χ2v) is 13.6. The Morgan fingerprint density at radius 3 is 1.88 bits per heavy atom. The quantitative estimate of drug-likeness (QED) is 0.160. The molecule has 0 atom stereocenters. The highest BCUT2D eigenvalue weighted by atomic mass is 16.5. The average molecular weight is 697 g/mol. The van der Waals surface area contributed by atoms with Crippen molar-refractivity contribution in [3.8, 4) is 5.69 Å². The normalized spacial score (nSPS) is 15.7. The van der Waals surface area contributed by atoms with Crippen molar-refractivity contribution in [2.75, 3.05) is 68.6 Å². The van der Waals surface area contributed by atoms with Crippen molar-refractivity contribution in [2.45, 2.75) is 25.5 Å². The summed E-state index contributed by atoms with van der Waals surface area (Å²) in [5.74, 6) is -0.299. The number of hydrogen-bond donors (Lipinski definition) is 2. The third kappa shape index (κ3) is 7.32. The van der Waals surface area contributed by atoms with Crippen LogP contribution in [0.1, 0.15) is 33.6 Å². The molecule has 4 aromatic carbocycles. The molecule has 2 aliphatic heterocycles. The van der Waals surface area contributed by atoms with Crippen LogP contribution >= 0.6 is 0 Å². The average Bonchev–Trinajstić information content (AvgIpc) is 3.81. The highest BCUT2D eigenvalue weighted by Crippen LogP contribution is 2.27. The third-order valence-electron chi connectivity index (χ3n) is 10.4. The fraction of sp³-hybridized carbons (Fsp3) is 0.286. The van der Waals surface area contributed by atoms with E-state index in [0.717, 1.165) is 110 Å². The van der Waals surface area contributed by atoms with Crippen molar-refractivity contribution in [1.82, 2.24) is 14.0 Å². The molecule has 0 radical (unpaired) electrons. The molecule has 10 nitrogen and oxygen atoms in total. The van der Waals surface area contributed by atoms with Crippen molar-refractivity contribution < 1.29 is 19.1 Å². The molecular formula is C42H44N6O4. The molecule has 0 bridgehead atoms. The van der Waals surface area contributed by atoms with E-state index in [-0.39, 0.29) is 11.8 Å². The number of rotatable bonds is 10. The van der Waals surface area contributed by atoms with Gasteiger partial charge in [0.15, 0.2) is 0 Å². The molecule has 266 valence electrons. The Kier molecular flexibility index (Phi) is 9.76. The van der Waals surface area contributed by atoms with Crippen LogP contribution in [0.5, 0.6) is 0 Å². The lowest BCUT2D eigenvalue weighted by Crippen LogP contribution is -2.38. The SMILES string of the molecule is COC1CCN(c2ccc(C(=O)Nc3ccc4c(ccn4-c4ccc(C(=O)Nc5ccc6c(ccn6CCN6CCOCC6)c5)cc4)c3)cc2)CC1. The number of carbonyl (C=O) groups excluding carboxylic acids is 2. The van der Waals surface area contributed by atoms with E-state index >= 15 is 0 Å². The van der Waals surface area contributed by atoms with E-state index in [0.29, 0.717) is 17.2 Å². The topological polar surface area (TPSA) is 93.0 Å². The lowest BCUT2D eigenvalue weighted by molar-refractivity contribution is 0.0365. The van der Waals surface area contributed by atoms with Crippen LogP contribution in [0.2, 0.25) is 0 Å². The Morgan fingerprint density at radius 1 is 0.673 bits per heavy atom. The van der Waals surface area contributed by atoms with Gasteiger partial charge in [0, 0.05) is 109 Å². The summed E-state index contributed by atoms with van der Waals surface area (Å²) in [7, 11) is 1.78. The number of nitrogens with one attached hydrogen (secondary N) is 2. The van der Waals surface area contributed by atoms with Gasteiger partial charge in [-0.15, -0.1) is 0 Å². The van der Waals surface area contributed by atoms with Crippen molar-refractivity contribution in [3.63, 3.8) is 0 Å². The Balaban J connectivity index is 0.878. The Labute approximate surface area is 303 Å². The van der Waals surface area contributed by atoms with Gasteiger partial charge in [-0.2, -0.15) is 0 Å². The van der Waals surface area contributed by atoms with Crippen molar-refractivity contribution in [2.24, 2.45) is 0 Å². The van der Waals surface area contributed by atoms with Crippen LogP contribution in [-0.2, 0) is 16.0 Å². The smallest absolute Gasteiger partial charge is 0.255 e. The minimum absolute atomic E-state index is 0.143. The largest absolute Gasteiger partial charge is 0.381 e. The molecule has 2 amide bonds. The number of anilines is 3. The molecule has 2 aromatic heterocycles. The lowest BCUT2D eigenvalue weighted by atomic mass is 10.1. The predicted molar refractivity (Wildman–Crippen MR) is 207 cm³/mol. The Bertz CT molecular complexity index is 2170. The predicted octanol–water partition coefficient (Wildman–Crippen LogP) is 7.04. The zero-order valence-electron chi connectivity index (χ0n) is 29.5. The van der Waals surface area contributed by atoms with Crippen molar-refractivity contribution in [3.05, 3.63) is 121 Å². The monoisotopic (exact) mass is 696 g/mol. The highest BCUT2D eigenvalue weighted by molar-refractivity contribution is 6.06. The van der Waals surface area contributed by atoms with Crippen LogP contribution in [-0.4, -0.2) is 85.0 Å². The number of aromatic nitrogens is 2. The molecule has 0 saturated carbocycles. The van der Waals surface area contributed by atoms with E-state index in [9.17, 15) is 9.59 Å². The fourth-order valence-corrected chi connectivity index (χ4v) is 7.35. The molecule has 4 heterocycles. The van der Waals surface area contributed by atoms with Gasteiger partial charge in [0.2, 0.25) is 0 Å². The maximum Gasteiger partial charge on any atom is 0.255 e. The van der Waals surface area contributed by atoms with Gasteiger partial charge < -0.3 is 34.1 Å². The molecular weight excluding hydrogens is 652 g/mol. The molecule has 2 fully saturated rings. The van der Waals surface area contributed by atoms with E-state index in [1.807, 2.05) is 91.1 Å². The summed E-state index contributed by atoms with van der Waals surface area (Å²) in [6.07, 6.45) is 6.47. The molecule has 2 N–H and O–H groups in total. The zero-order valence-corrected chi connectivity index (χ0v) is 29.5. The van der Waals surface area contributed by atoms with Crippen LogP contribution in [0.25, 0.3) is 27.5 Å². The summed E-state index contributed by atoms with van der Waals surface area (Å²) in [4.78, 5) is 31.1. The van der Waals surface area contributed by atoms with Crippen molar-refractivity contribution in [1.29, 1.82) is 0 Å². The number of piperidine rings is 1. The van der Waals surface area contributed by atoms with E-state index in [1.165, 1.54) is 0 Å². The number of nitrogens with zero attached hydrogens (tertiary/aromatic N) is 4. The van der Waals surface area contributed by atoms with Gasteiger partial charge in [-0.1, -0.05) is 0 Å². The van der Waals surface area contributed by atoms with Gasteiger partial charge in [0.1, 0.15) is 0 Å². The number of morpholine rings is 1. The molecule has 0 spiro atoms. The molecule has 52 heavy (non-hydrogen) atoms. The number of fused-ring (bicyclic) bond motifs is 2. The van der Waals surface area contributed by atoms with E-state index in [4.69, 9.17) is 9.47 Å². The first-order chi connectivity index (χ1) is 25.5. The standard InChI is InChI=1S/C42H44N6O4/c1-51-38-16-19-46(20-17-38)36-8-2-30(3-9-36)41(49)44-35-7-13-40-33(29-35)15-21-48(40)37-10-4-31(5-11-37)42(50)43-34-6-12-39-32(28-34)14-18-47(39)23-22-45-24-26-52-27-25-45/h2-15,18,21,28-29,38H,16-17,19-20,22-27H2,1H3,(H,43,50)(H,44,49). The van der Waals surface area contributed by atoms with E-state index in [2.05, 4.69) is 47.9 Å². The van der Waals surface area contributed by atoms with Crippen LogP contribution in [0.4, 0.5) is 17.1 Å². The maximum absolute atomic E-state index is 13.2. The number of amides is 2. The molecule has 8 rings (SSSR count). The molecule has 2 aliphatic rings. The first-order valence-corrected chi connectivity index (χ1v) is 18.1. The highest BCUT2D eigenvalue weighted by Gasteiger charge is 2.19. The molecule has 0 unspecified atom stereocenters. The Morgan fingerprint density at radius 2 is 1.25 bits per heavy atom. The number of ether oxygens (including phenoxy) is 2. The van der Waals surface area contributed by atoms with Gasteiger partial charge in [0.25, 0.3) is 11.8 Å². The minimum Gasteiger partial charge on any atom is -0.381 e. The van der Waals surface area contributed by atoms with Gasteiger partial charge in [-0.25, -0.2) is 0 Å². The fourth-order valence-electron chi connectivity index (χ4n) is 7.35. The van der Waals surface area contributed by atoms with Gasteiger partial charge in [-0.05, 0) is 110 Å². The van der Waals surface area contributed by atoms with Gasteiger partial charge >= 0.3 is 0 Å². The summed E-state index contributed by atoms with van der Waals surface area (Å²) in [5, 5.41) is 8.21. The lowest BCUT2D eigenvalue weighted by Gasteiger charge is -2.33. The summed E-state index contributed by atoms with van der Waals surface area (Å²) in [6.45, 7) is 7.38. The summed E-state index contributed by atoms with van der Waals surface area (Å²) >= 11 is 0. The van der Waals surface area contributed by atoms with Crippen LogP contribution < -0.4 is 15.5 Å². The van der Waals surface area contributed by atoms with Crippen LogP contribution in [0.15, 0.2) is 109 Å². The maximum atomic E-state index is 13.2. The van der Waals surface area contributed by atoms with E-state index < -0.39 is 0 Å². The van der Waals surface area contributed by atoms with Crippen LogP contribution in [0.3, 0.4) is 0 Å². The first-order valence-electron chi connectivity index (χ1n) is 18.1. The van der Waals surface area contributed by atoms with Gasteiger partial charge in [-0.3, -0.25) is 14.5 Å². The third-order valence-corrected chi connectivity index (χ3v) is 10.4. The van der Waals surface area contributed by atoms with Crippen LogP contribution in [0, 0.1) is 0 Å². The molecule has 6 aromatic rings. The molecule has 0 aliphatic carbocycles. The summed E-state index contributed by atoms with van der Waals surface area (Å²) < 4.78 is 15.3.